The van der Waals surface area contributed by atoms with Crippen LogP contribution in [0.5, 0.6) is 5.75 Å². The molecule has 8 aromatic rings. The van der Waals surface area contributed by atoms with Gasteiger partial charge in [-0.15, -0.1) is 0 Å². The molecule has 3 amide bonds. The Bertz CT molecular complexity index is 3770. The first-order valence-corrected chi connectivity index (χ1v) is 37.7. The van der Waals surface area contributed by atoms with Gasteiger partial charge in [-0.1, -0.05) is 149 Å². The van der Waals surface area contributed by atoms with E-state index in [-0.39, 0.29) is 88.9 Å². The Hall–Kier alpha value is -9.45. The van der Waals surface area contributed by atoms with Crippen molar-refractivity contribution < 1.29 is 57.1 Å². The Balaban J connectivity index is 0.844. The van der Waals surface area contributed by atoms with Crippen LogP contribution in [0.1, 0.15) is 149 Å². The lowest BCUT2D eigenvalue weighted by molar-refractivity contribution is -0.154. The SMILES string of the molecule is CCCCCC(=O)Cc1cccc(CN(Cc2cc(CN(Cc3ccccn3)Cc3cccc(NC(=O)CCCCC)n3)cc(OCCOCCOCCN(Cc3ccc(-c4ccccc4)cc3)C(=O)COCCOCCOCC(=O)NCc3ccc(CCC(=O)OC(C)(C)C)cc3)c2)Cc2ccccn2)n1. The quantitative estimate of drug-likeness (QED) is 0.0266. The zero-order valence-corrected chi connectivity index (χ0v) is 63.3. The highest BCUT2D eigenvalue weighted by Gasteiger charge is 2.20. The number of benzene rings is 4. The van der Waals surface area contributed by atoms with Crippen LogP contribution in [0, 0.1) is 0 Å². The number of aromatic nitrogens is 4. The largest absolute Gasteiger partial charge is 0.491 e. The third-order valence-corrected chi connectivity index (χ3v) is 17.1. The Morgan fingerprint density at radius 2 is 0.972 bits per heavy atom. The number of esters is 1. The number of rotatable bonds is 51. The number of nitrogens with zero attached hydrogens (tertiary/aromatic N) is 7. The third kappa shape index (κ3) is 33.9. The van der Waals surface area contributed by atoms with Gasteiger partial charge in [0.25, 0.3) is 0 Å². The van der Waals surface area contributed by atoms with Crippen molar-refractivity contribution in [3.05, 3.63) is 239 Å². The van der Waals surface area contributed by atoms with Crippen LogP contribution in [-0.2, 0) is 118 Å². The molecule has 21 nitrogen and oxygen atoms in total. The molecule has 0 aliphatic heterocycles. The standard InChI is InChI=1S/C86H109N9O12/c1-6-8-11-28-79(96)56-74-25-19-26-77(90-74)63-93(61-75-23-15-17-41-87-75)58-70-53-71(59-94(62-76-24-16-18-42-88-76)64-78-27-20-29-81(91-78)92-82(97)30-12-9-7-2)55-80(54-70)106-52-51-103-46-45-101-44-43-95(60-69-35-38-73(39-36-69)72-21-13-10-14-22-72)84(99)66-105-50-48-102-47-49-104-65-83(98)89-57-68-33-31-67(32-34-68)37-40-85(100)107-86(3,4)5/h10,13-27,29,31-36,38-39,41-42,53-55H,6-9,11-12,28,30,37,40,43-52,56-66H2,1-5H3,(H,89,98)(H,91,92,97). The summed E-state index contributed by atoms with van der Waals surface area (Å²) in [7, 11) is 0. The average molecular weight is 1460 g/mol. The number of anilines is 1. The molecule has 0 fully saturated rings. The third-order valence-electron chi connectivity index (χ3n) is 17.1. The minimum Gasteiger partial charge on any atom is -0.491 e. The Morgan fingerprint density at radius 1 is 0.439 bits per heavy atom. The molecule has 2 N–H and O–H groups in total. The van der Waals surface area contributed by atoms with Crippen molar-refractivity contribution in [2.24, 2.45) is 0 Å². The Morgan fingerprint density at radius 3 is 1.60 bits per heavy atom. The van der Waals surface area contributed by atoms with Crippen LogP contribution in [-0.4, -0.2) is 149 Å². The van der Waals surface area contributed by atoms with Gasteiger partial charge in [0.2, 0.25) is 17.7 Å². The second-order valence-electron chi connectivity index (χ2n) is 27.6. The molecule has 4 aromatic heterocycles. The molecule has 0 aliphatic carbocycles. The number of pyridine rings is 4. The summed E-state index contributed by atoms with van der Waals surface area (Å²) in [5, 5.41) is 5.87. The monoisotopic (exact) mass is 1460 g/mol. The number of Topliss-reactive ketones (excluding diaryl/α,β-unsaturated/α-hetero) is 1. The second kappa shape index (κ2) is 47.3. The summed E-state index contributed by atoms with van der Waals surface area (Å²) in [6, 6.07) is 55.9. The van der Waals surface area contributed by atoms with E-state index in [1.165, 1.54) is 0 Å². The summed E-state index contributed by atoms with van der Waals surface area (Å²) in [4.78, 5) is 90.0. The highest BCUT2D eigenvalue weighted by molar-refractivity contribution is 5.89. The predicted octanol–water partition coefficient (Wildman–Crippen LogP) is 13.6. The van der Waals surface area contributed by atoms with Crippen LogP contribution < -0.4 is 15.4 Å². The molecular formula is C86H109N9O12. The summed E-state index contributed by atoms with van der Waals surface area (Å²) in [6.07, 6.45) is 11.6. The van der Waals surface area contributed by atoms with Gasteiger partial charge in [0.05, 0.1) is 75.6 Å². The van der Waals surface area contributed by atoms with Crippen molar-refractivity contribution in [1.82, 2.24) is 40.0 Å². The molecule has 0 radical (unpaired) electrons. The Labute approximate surface area is 632 Å². The fraction of sp³-hybridized carbons (Fsp3) is 0.430. The summed E-state index contributed by atoms with van der Waals surface area (Å²) >= 11 is 0. The van der Waals surface area contributed by atoms with Crippen molar-refractivity contribution in [3.63, 3.8) is 0 Å². The van der Waals surface area contributed by atoms with Gasteiger partial charge in [0, 0.05) is 103 Å². The molecule has 570 valence electrons. The number of carbonyl (C=O) groups is 5. The second-order valence-corrected chi connectivity index (χ2v) is 27.6. The van der Waals surface area contributed by atoms with E-state index < -0.39 is 5.60 Å². The fourth-order valence-corrected chi connectivity index (χ4v) is 11.8. The van der Waals surface area contributed by atoms with E-state index in [9.17, 15) is 24.0 Å². The molecule has 4 aromatic carbocycles. The molecule has 0 atom stereocenters. The normalized spacial score (nSPS) is 11.4. The highest BCUT2D eigenvalue weighted by Crippen LogP contribution is 2.25. The van der Waals surface area contributed by atoms with Crippen molar-refractivity contribution in [3.8, 4) is 16.9 Å². The lowest BCUT2D eigenvalue weighted by atomic mass is 10.0. The minimum absolute atomic E-state index is 0.0481. The van der Waals surface area contributed by atoms with E-state index in [0.717, 1.165) is 106 Å². The number of unbranched alkanes of at least 4 members (excludes halogenated alkanes) is 4. The number of hydrogen-bond acceptors (Lipinski definition) is 18. The van der Waals surface area contributed by atoms with E-state index in [0.29, 0.717) is 116 Å². The zero-order valence-electron chi connectivity index (χ0n) is 63.3. The molecular weight excluding hydrogens is 1350 g/mol. The summed E-state index contributed by atoms with van der Waals surface area (Å²) in [5.41, 5.74) is 10.8. The van der Waals surface area contributed by atoms with Gasteiger partial charge in [0.1, 0.15) is 42.8 Å². The molecule has 4 heterocycles. The maximum absolute atomic E-state index is 13.8. The van der Waals surface area contributed by atoms with Crippen LogP contribution in [0.25, 0.3) is 11.1 Å². The molecule has 0 aliphatic rings. The molecule has 107 heavy (non-hydrogen) atoms. The molecule has 8 rings (SSSR count). The highest BCUT2D eigenvalue weighted by atomic mass is 16.6. The fourth-order valence-electron chi connectivity index (χ4n) is 11.8. The number of ether oxygens (including phenoxy) is 7. The topological polar surface area (TPSA) is 235 Å². The van der Waals surface area contributed by atoms with Gasteiger partial charge in [-0.25, -0.2) is 4.98 Å². The molecule has 0 saturated heterocycles. The van der Waals surface area contributed by atoms with Crippen LogP contribution in [0.15, 0.2) is 182 Å². The number of carbonyl (C=O) groups excluding carboxylic acids is 5. The van der Waals surface area contributed by atoms with E-state index in [1.54, 1.807) is 17.3 Å². The minimum atomic E-state index is -0.517. The smallest absolute Gasteiger partial charge is 0.306 e. The lowest BCUT2D eigenvalue weighted by Gasteiger charge is -2.25. The number of ketones is 1. The number of amides is 3. The Kier molecular flexibility index (Phi) is 36.8. The first-order chi connectivity index (χ1) is 52.1. The summed E-state index contributed by atoms with van der Waals surface area (Å²) in [5.74, 6) is 0.656. The molecule has 0 saturated carbocycles. The number of nitrogens with one attached hydrogen (secondary N) is 2. The van der Waals surface area contributed by atoms with Gasteiger partial charge in [0.15, 0.2) is 0 Å². The lowest BCUT2D eigenvalue weighted by Crippen LogP contribution is -2.36. The number of aryl methyl sites for hydroxylation is 1. The van der Waals surface area contributed by atoms with Gasteiger partial charge in [-0.2, -0.15) is 0 Å². The van der Waals surface area contributed by atoms with Crippen molar-refractivity contribution in [2.45, 2.75) is 163 Å². The molecule has 0 unspecified atom stereocenters. The van der Waals surface area contributed by atoms with Crippen LogP contribution in [0.3, 0.4) is 0 Å². The van der Waals surface area contributed by atoms with Crippen LogP contribution >= 0.6 is 0 Å². The van der Waals surface area contributed by atoms with Gasteiger partial charge >= 0.3 is 5.97 Å². The predicted molar refractivity (Wildman–Crippen MR) is 414 cm³/mol. The number of hydrogen-bond donors (Lipinski definition) is 2. The van der Waals surface area contributed by atoms with E-state index >= 15 is 0 Å². The van der Waals surface area contributed by atoms with Crippen molar-refractivity contribution in [1.29, 1.82) is 0 Å². The first-order valence-electron chi connectivity index (χ1n) is 37.7. The first kappa shape index (κ1) is 83.2. The van der Waals surface area contributed by atoms with E-state index in [2.05, 4.69) is 76.7 Å². The van der Waals surface area contributed by atoms with Gasteiger partial charge in [-0.3, -0.25) is 48.7 Å². The molecule has 21 heteroatoms. The zero-order chi connectivity index (χ0) is 75.5. The summed E-state index contributed by atoms with van der Waals surface area (Å²) < 4.78 is 41.2. The average Bonchev–Trinajstić information content (AvgIpc) is 0.855. The maximum atomic E-state index is 13.8. The van der Waals surface area contributed by atoms with Crippen LogP contribution in [0.2, 0.25) is 0 Å². The van der Waals surface area contributed by atoms with Gasteiger partial charge < -0.3 is 48.7 Å². The molecule has 0 spiro atoms. The van der Waals surface area contributed by atoms with Gasteiger partial charge in [-0.05, 0) is 140 Å². The van der Waals surface area contributed by atoms with Crippen LogP contribution in [0.4, 0.5) is 5.82 Å². The summed E-state index contributed by atoms with van der Waals surface area (Å²) in [6.45, 7) is 15.9. The van der Waals surface area contributed by atoms with Crippen molar-refractivity contribution in [2.75, 3.05) is 84.5 Å². The maximum Gasteiger partial charge on any atom is 0.306 e. The van der Waals surface area contributed by atoms with E-state index in [4.69, 9.17) is 53.1 Å². The van der Waals surface area contributed by atoms with Crippen molar-refractivity contribution >= 4 is 35.3 Å². The molecule has 0 bridgehead atoms. The van der Waals surface area contributed by atoms with E-state index in [1.807, 2.05) is 148 Å².